The van der Waals surface area contributed by atoms with Crippen LogP contribution in [0, 0.1) is 46.3 Å². The molecule has 7 fully saturated rings. The van der Waals surface area contributed by atoms with Crippen LogP contribution in [0.3, 0.4) is 0 Å². The molecular formula is C47H66O14. The molecule has 1 spiro atoms. The topological polar surface area (TPSA) is 178 Å². The van der Waals surface area contributed by atoms with Gasteiger partial charge in [-0.2, -0.15) is 0 Å². The smallest absolute Gasteiger partial charge is 0.338 e. The maximum Gasteiger partial charge on any atom is 0.338 e. The van der Waals surface area contributed by atoms with Crippen LogP contribution in [0.15, 0.2) is 35.9 Å². The number of hydrogen-bond donors (Lipinski definition) is 3. The summed E-state index contributed by atoms with van der Waals surface area (Å²) >= 11 is 0. The minimum absolute atomic E-state index is 0.0603. The van der Waals surface area contributed by atoms with E-state index in [1.807, 2.05) is 0 Å². The number of rotatable bonds is 8. The molecule has 0 bridgehead atoms. The zero-order chi connectivity index (χ0) is 43.0. The van der Waals surface area contributed by atoms with Gasteiger partial charge in [0.25, 0.3) is 0 Å². The molecule has 0 aromatic heterocycles. The Morgan fingerprint density at radius 2 is 1.57 bits per heavy atom. The Labute approximate surface area is 358 Å². The van der Waals surface area contributed by atoms with Crippen molar-refractivity contribution in [2.45, 2.75) is 160 Å². The number of ether oxygens (including phenoxy) is 9. The maximum absolute atomic E-state index is 13.1. The number of allylic oxidation sites excluding steroid dienone is 1. The first-order valence-corrected chi connectivity index (χ1v) is 22.8. The first-order chi connectivity index (χ1) is 29.1. The van der Waals surface area contributed by atoms with E-state index in [-0.39, 0.29) is 41.8 Å². The second-order valence-corrected chi connectivity index (χ2v) is 20.1. The summed E-state index contributed by atoms with van der Waals surface area (Å²) in [4.78, 5) is 25.5. The summed E-state index contributed by atoms with van der Waals surface area (Å²) in [6.07, 6.45) is 1.16. The van der Waals surface area contributed by atoms with Gasteiger partial charge in [0.15, 0.2) is 30.6 Å². The quantitative estimate of drug-likeness (QED) is 0.233. The van der Waals surface area contributed by atoms with Gasteiger partial charge in [-0.15, -0.1) is 0 Å². The number of fused-ring (bicyclic) bond motifs is 7. The molecule has 4 heterocycles. The Morgan fingerprint density at radius 1 is 0.836 bits per heavy atom. The predicted molar refractivity (Wildman–Crippen MR) is 217 cm³/mol. The van der Waals surface area contributed by atoms with Gasteiger partial charge in [0.2, 0.25) is 0 Å². The number of esters is 2. The summed E-state index contributed by atoms with van der Waals surface area (Å²) in [6.45, 7) is 11.3. The van der Waals surface area contributed by atoms with Crippen molar-refractivity contribution >= 4 is 11.9 Å². The van der Waals surface area contributed by atoms with Crippen molar-refractivity contribution in [3.05, 3.63) is 41.5 Å². The van der Waals surface area contributed by atoms with E-state index in [1.165, 1.54) is 51.0 Å². The van der Waals surface area contributed by atoms with Crippen molar-refractivity contribution in [2.24, 2.45) is 46.3 Å². The molecule has 4 saturated heterocycles. The Hall–Kier alpha value is -2.66. The third-order valence-electron chi connectivity index (χ3n) is 16.7. The van der Waals surface area contributed by atoms with Crippen LogP contribution in [0.1, 0.15) is 103 Å². The highest BCUT2D eigenvalue weighted by molar-refractivity contribution is 5.89. The zero-order valence-electron chi connectivity index (χ0n) is 36.4. The molecule has 0 amide bonds. The summed E-state index contributed by atoms with van der Waals surface area (Å²) in [5, 5.41) is 32.9. The fourth-order valence-corrected chi connectivity index (χ4v) is 13.4. The van der Waals surface area contributed by atoms with Gasteiger partial charge in [-0.25, -0.2) is 4.79 Å². The molecule has 0 unspecified atom stereocenters. The zero-order valence-corrected chi connectivity index (χ0v) is 36.4. The van der Waals surface area contributed by atoms with Crippen molar-refractivity contribution in [3.8, 4) is 5.75 Å². The predicted octanol–water partition coefficient (Wildman–Crippen LogP) is 5.08. The molecule has 0 radical (unpaired) electrons. The molecule has 9 rings (SSSR count). The summed E-state index contributed by atoms with van der Waals surface area (Å²) < 4.78 is 54.5. The van der Waals surface area contributed by atoms with Crippen LogP contribution in [-0.4, -0.2) is 121 Å². The van der Waals surface area contributed by atoms with Crippen LogP contribution in [0.4, 0.5) is 0 Å². The van der Waals surface area contributed by atoms with Gasteiger partial charge < -0.3 is 58.0 Å². The second kappa shape index (κ2) is 16.7. The van der Waals surface area contributed by atoms with E-state index < -0.39 is 66.9 Å². The SMILES string of the molecule is COc1ccc(C(=O)O[C@H]2[C@H](O[C@H]3CO[C@@H](O[C@H]4CC[C@@]5(C)C(=CC[C@H]6[C@@H]7C[C@@H]8O[C@@]9(CC[C@@H](C)CO9)[C@@H](C)[C@@H]8[C@@]7(C)CC[C@@H]65)C4)[C@H](OC(C)=O)[C@H]3O)OC[C@@H](O)[C@@H]2O)cc1. The molecule has 4 aliphatic heterocycles. The summed E-state index contributed by atoms with van der Waals surface area (Å²) in [5.74, 6) is 2.03. The molecule has 14 nitrogen and oxygen atoms in total. The normalized spacial score (nSPS) is 47.9. The lowest BCUT2D eigenvalue weighted by atomic mass is 9.47. The average Bonchev–Trinajstić information content (AvgIpc) is 3.69. The lowest BCUT2D eigenvalue weighted by molar-refractivity contribution is -0.333. The monoisotopic (exact) mass is 854 g/mol. The van der Waals surface area contributed by atoms with Crippen molar-refractivity contribution < 1.29 is 67.5 Å². The third kappa shape index (κ3) is 7.67. The molecule has 61 heavy (non-hydrogen) atoms. The number of benzene rings is 1. The van der Waals surface area contributed by atoms with Gasteiger partial charge in [0, 0.05) is 19.3 Å². The standard InChI is InChI=1S/C47H66O14/c1-24-13-18-47(56-21-24)25(2)37-35(61-47)20-33-31-12-9-28-19-30(14-16-45(28,4)32(31)15-17-46(33,37)5)58-43-41(57-26(3)48)39(51)36(23-55-43)59-44-40(38(50)34(49)22-54-44)60-42(52)27-7-10-29(53-6)11-8-27/h7-11,24-25,30-41,43-44,49-51H,12-23H2,1-6H3/t24-,25+,30+,31-,32+,33+,34-,35+,36+,37+,38+,39+,40-,41-,43+,44+,45+,46+,47+/m1/s1. The molecule has 14 heteroatoms. The number of carbonyl (C=O) groups excluding carboxylic acids is 2. The van der Waals surface area contributed by atoms with E-state index in [2.05, 4.69) is 33.8 Å². The van der Waals surface area contributed by atoms with Gasteiger partial charge in [-0.3, -0.25) is 4.79 Å². The number of aliphatic hydroxyl groups excluding tert-OH is 3. The second-order valence-electron chi connectivity index (χ2n) is 20.1. The molecule has 4 aliphatic carbocycles. The Bertz CT molecular complexity index is 1790. The average molecular weight is 855 g/mol. The van der Waals surface area contributed by atoms with Crippen molar-refractivity contribution in [1.29, 1.82) is 0 Å². The molecular weight excluding hydrogens is 789 g/mol. The highest BCUT2D eigenvalue weighted by Crippen LogP contribution is 2.70. The molecule has 3 saturated carbocycles. The molecule has 1 aromatic rings. The Morgan fingerprint density at radius 3 is 2.30 bits per heavy atom. The first kappa shape index (κ1) is 43.6. The number of aliphatic hydroxyl groups is 3. The van der Waals surface area contributed by atoms with E-state index in [4.69, 9.17) is 42.6 Å². The molecule has 8 aliphatic rings. The van der Waals surface area contributed by atoms with Gasteiger partial charge in [-0.05, 0) is 116 Å². The van der Waals surface area contributed by atoms with Gasteiger partial charge in [-0.1, -0.05) is 39.3 Å². The van der Waals surface area contributed by atoms with E-state index in [9.17, 15) is 24.9 Å². The minimum Gasteiger partial charge on any atom is -0.497 e. The maximum atomic E-state index is 13.1. The number of methoxy groups -OCH3 is 1. The van der Waals surface area contributed by atoms with Crippen molar-refractivity contribution in [2.75, 3.05) is 26.9 Å². The van der Waals surface area contributed by atoms with Crippen molar-refractivity contribution in [1.82, 2.24) is 0 Å². The fraction of sp³-hybridized carbons (Fsp3) is 0.787. The lowest BCUT2D eigenvalue weighted by Gasteiger charge is -2.58. The van der Waals surface area contributed by atoms with Crippen LogP contribution in [0.5, 0.6) is 5.75 Å². The summed E-state index contributed by atoms with van der Waals surface area (Å²) in [7, 11) is 1.50. The van der Waals surface area contributed by atoms with Crippen LogP contribution < -0.4 is 4.74 Å². The molecule has 3 N–H and O–H groups in total. The van der Waals surface area contributed by atoms with E-state index >= 15 is 0 Å². The largest absolute Gasteiger partial charge is 0.497 e. The van der Waals surface area contributed by atoms with Crippen molar-refractivity contribution in [3.63, 3.8) is 0 Å². The van der Waals surface area contributed by atoms with Gasteiger partial charge in [0.1, 0.15) is 30.2 Å². The van der Waals surface area contributed by atoms with E-state index in [0.717, 1.165) is 45.1 Å². The lowest BCUT2D eigenvalue weighted by Crippen LogP contribution is -2.61. The molecule has 19 atom stereocenters. The number of carbonyl (C=O) groups is 2. The van der Waals surface area contributed by atoms with E-state index in [0.29, 0.717) is 41.3 Å². The minimum atomic E-state index is -1.55. The summed E-state index contributed by atoms with van der Waals surface area (Å²) in [6, 6.07) is 6.18. The van der Waals surface area contributed by atoms with Gasteiger partial charge in [0.05, 0.1) is 44.7 Å². The highest BCUT2D eigenvalue weighted by Gasteiger charge is 2.68. The Balaban J connectivity index is 0.842. The van der Waals surface area contributed by atoms with Crippen LogP contribution in [0.25, 0.3) is 0 Å². The van der Waals surface area contributed by atoms with E-state index in [1.54, 1.807) is 12.1 Å². The third-order valence-corrected chi connectivity index (χ3v) is 16.7. The molecule has 1 aromatic carbocycles. The van der Waals surface area contributed by atoms with Crippen LogP contribution >= 0.6 is 0 Å². The Kier molecular flexibility index (Phi) is 11.9. The first-order valence-electron chi connectivity index (χ1n) is 22.8. The number of hydrogen-bond acceptors (Lipinski definition) is 14. The van der Waals surface area contributed by atoms with Crippen LogP contribution in [0.2, 0.25) is 0 Å². The van der Waals surface area contributed by atoms with Crippen LogP contribution in [-0.2, 0) is 42.7 Å². The van der Waals surface area contributed by atoms with Gasteiger partial charge >= 0.3 is 11.9 Å². The fourth-order valence-electron chi connectivity index (χ4n) is 13.4. The highest BCUT2D eigenvalue weighted by atomic mass is 16.7. The molecule has 338 valence electrons. The summed E-state index contributed by atoms with van der Waals surface area (Å²) in [5.41, 5.74) is 1.90.